The minimum absolute atomic E-state index is 0.709. The molecule has 0 spiro atoms. The molecule has 0 bridgehead atoms. The summed E-state index contributed by atoms with van der Waals surface area (Å²) in [6.45, 7) is 0.927. The summed E-state index contributed by atoms with van der Waals surface area (Å²) in [5.74, 6) is 0. The monoisotopic (exact) mass is 200 g/mol. The van der Waals surface area contributed by atoms with Crippen LogP contribution in [0.4, 0.5) is 0 Å². The van der Waals surface area contributed by atoms with Gasteiger partial charge in [0.15, 0.2) is 0 Å². The topological polar surface area (TPSA) is 35.8 Å². The molecule has 15 heavy (non-hydrogen) atoms. The van der Waals surface area contributed by atoms with Crippen LogP contribution in [0.2, 0.25) is 0 Å². The van der Waals surface area contributed by atoms with E-state index in [0.29, 0.717) is 6.04 Å². The van der Waals surface area contributed by atoms with Gasteiger partial charge >= 0.3 is 0 Å². The van der Waals surface area contributed by atoms with Crippen molar-refractivity contribution in [1.82, 2.24) is 5.32 Å². The molecule has 1 N–H and O–H groups in total. The molecule has 0 aliphatic heterocycles. The van der Waals surface area contributed by atoms with E-state index in [1.165, 1.54) is 31.2 Å². The fraction of sp³-hybridized carbons (Fsp3) is 0.462. The van der Waals surface area contributed by atoms with E-state index in [1.807, 2.05) is 24.3 Å². The number of benzene rings is 1. The van der Waals surface area contributed by atoms with Crippen molar-refractivity contribution in [1.29, 1.82) is 5.26 Å². The molecule has 78 valence electrons. The number of nitriles is 1. The molecule has 0 atom stereocenters. The molecule has 1 aromatic carbocycles. The van der Waals surface area contributed by atoms with E-state index in [2.05, 4.69) is 11.4 Å². The molecular formula is C13H16N2. The second-order valence-corrected chi connectivity index (χ2v) is 4.17. The Morgan fingerprint density at radius 1 is 1.20 bits per heavy atom. The van der Waals surface area contributed by atoms with Gasteiger partial charge in [-0.15, -0.1) is 0 Å². The Bertz CT molecular complexity index is 342. The first kappa shape index (κ1) is 10.2. The van der Waals surface area contributed by atoms with Gasteiger partial charge in [0.05, 0.1) is 11.6 Å². The van der Waals surface area contributed by atoms with Gasteiger partial charge in [0.2, 0.25) is 0 Å². The highest BCUT2D eigenvalue weighted by Crippen LogP contribution is 2.18. The van der Waals surface area contributed by atoms with Crippen molar-refractivity contribution in [2.75, 3.05) is 0 Å². The van der Waals surface area contributed by atoms with Crippen LogP contribution in [0.15, 0.2) is 24.3 Å². The normalized spacial score (nSPS) is 16.5. The van der Waals surface area contributed by atoms with Crippen LogP contribution in [0.3, 0.4) is 0 Å². The van der Waals surface area contributed by atoms with Crippen LogP contribution in [-0.2, 0) is 6.54 Å². The van der Waals surface area contributed by atoms with Gasteiger partial charge in [-0.1, -0.05) is 25.0 Å². The molecule has 0 heterocycles. The lowest BCUT2D eigenvalue weighted by Crippen LogP contribution is -2.25. The summed E-state index contributed by atoms with van der Waals surface area (Å²) in [5, 5.41) is 12.2. The van der Waals surface area contributed by atoms with E-state index in [-0.39, 0.29) is 0 Å². The molecule has 0 amide bonds. The maximum absolute atomic E-state index is 8.67. The summed E-state index contributed by atoms with van der Waals surface area (Å²) in [6.07, 6.45) is 5.36. The summed E-state index contributed by atoms with van der Waals surface area (Å²) in [7, 11) is 0. The van der Waals surface area contributed by atoms with Gasteiger partial charge in [-0.3, -0.25) is 0 Å². The molecule has 1 aliphatic rings. The van der Waals surface area contributed by atoms with Crippen molar-refractivity contribution in [2.45, 2.75) is 38.3 Å². The van der Waals surface area contributed by atoms with E-state index < -0.39 is 0 Å². The van der Waals surface area contributed by atoms with Crippen LogP contribution in [-0.4, -0.2) is 6.04 Å². The number of nitrogens with one attached hydrogen (secondary N) is 1. The Kier molecular flexibility index (Phi) is 3.37. The maximum Gasteiger partial charge on any atom is 0.0991 e. The van der Waals surface area contributed by atoms with Gasteiger partial charge in [-0.2, -0.15) is 5.26 Å². The van der Waals surface area contributed by atoms with E-state index in [9.17, 15) is 0 Å². The average molecular weight is 200 g/mol. The van der Waals surface area contributed by atoms with E-state index >= 15 is 0 Å². The molecular weight excluding hydrogens is 184 g/mol. The fourth-order valence-electron chi connectivity index (χ4n) is 2.09. The van der Waals surface area contributed by atoms with Gasteiger partial charge < -0.3 is 5.32 Å². The zero-order chi connectivity index (χ0) is 10.5. The molecule has 0 saturated heterocycles. The molecule has 2 nitrogen and oxygen atoms in total. The summed E-state index contributed by atoms with van der Waals surface area (Å²) >= 11 is 0. The Morgan fingerprint density at radius 2 is 1.87 bits per heavy atom. The Labute approximate surface area is 90.9 Å². The smallest absolute Gasteiger partial charge is 0.0991 e. The number of hydrogen-bond acceptors (Lipinski definition) is 2. The van der Waals surface area contributed by atoms with Crippen LogP contribution in [0.25, 0.3) is 0 Å². The van der Waals surface area contributed by atoms with Crippen LogP contribution in [0.5, 0.6) is 0 Å². The standard InChI is InChI=1S/C13H16N2/c14-9-11-5-7-12(8-6-11)10-15-13-3-1-2-4-13/h5-8,13,15H,1-4,10H2. The van der Waals surface area contributed by atoms with Gasteiger partial charge in [-0.05, 0) is 30.5 Å². The first-order valence-corrected chi connectivity index (χ1v) is 5.61. The van der Waals surface area contributed by atoms with Crippen molar-refractivity contribution in [2.24, 2.45) is 0 Å². The Hall–Kier alpha value is -1.33. The van der Waals surface area contributed by atoms with Gasteiger partial charge in [0.25, 0.3) is 0 Å². The molecule has 2 rings (SSSR count). The van der Waals surface area contributed by atoms with Crippen LogP contribution in [0.1, 0.15) is 36.8 Å². The first-order valence-electron chi connectivity index (χ1n) is 5.61. The van der Waals surface area contributed by atoms with Crippen LogP contribution in [0, 0.1) is 11.3 Å². The Balaban J connectivity index is 1.85. The third kappa shape index (κ3) is 2.81. The summed E-state index contributed by atoms with van der Waals surface area (Å²) in [6, 6.07) is 10.7. The lowest BCUT2D eigenvalue weighted by molar-refractivity contribution is 0.524. The van der Waals surface area contributed by atoms with Crippen LogP contribution < -0.4 is 5.32 Å². The lowest BCUT2D eigenvalue weighted by atomic mass is 10.1. The third-order valence-electron chi connectivity index (χ3n) is 3.03. The predicted octanol–water partition coefficient (Wildman–Crippen LogP) is 2.59. The largest absolute Gasteiger partial charge is 0.310 e. The maximum atomic E-state index is 8.67. The lowest BCUT2D eigenvalue weighted by Gasteiger charge is -2.11. The van der Waals surface area contributed by atoms with Crippen molar-refractivity contribution in [3.05, 3.63) is 35.4 Å². The summed E-state index contributed by atoms with van der Waals surface area (Å²) in [5.41, 5.74) is 2.00. The zero-order valence-corrected chi connectivity index (χ0v) is 8.87. The van der Waals surface area contributed by atoms with E-state index in [4.69, 9.17) is 5.26 Å². The second kappa shape index (κ2) is 4.95. The number of rotatable bonds is 3. The molecule has 1 aromatic rings. The van der Waals surface area contributed by atoms with Crippen LogP contribution >= 0.6 is 0 Å². The van der Waals surface area contributed by atoms with E-state index in [0.717, 1.165) is 12.1 Å². The minimum Gasteiger partial charge on any atom is -0.310 e. The van der Waals surface area contributed by atoms with Crippen molar-refractivity contribution >= 4 is 0 Å². The molecule has 0 unspecified atom stereocenters. The number of hydrogen-bond donors (Lipinski definition) is 1. The van der Waals surface area contributed by atoms with Gasteiger partial charge in [0, 0.05) is 12.6 Å². The SMILES string of the molecule is N#Cc1ccc(CNC2CCCC2)cc1. The second-order valence-electron chi connectivity index (χ2n) is 4.17. The van der Waals surface area contributed by atoms with Crippen molar-refractivity contribution in [3.8, 4) is 6.07 Å². The molecule has 0 aromatic heterocycles. The highest BCUT2D eigenvalue weighted by atomic mass is 14.9. The highest BCUT2D eigenvalue weighted by molar-refractivity contribution is 5.31. The third-order valence-corrected chi connectivity index (χ3v) is 3.03. The zero-order valence-electron chi connectivity index (χ0n) is 8.87. The molecule has 1 fully saturated rings. The molecule has 1 saturated carbocycles. The van der Waals surface area contributed by atoms with Crippen molar-refractivity contribution < 1.29 is 0 Å². The molecule has 2 heteroatoms. The minimum atomic E-state index is 0.709. The average Bonchev–Trinajstić information content (AvgIpc) is 2.80. The molecule has 1 aliphatic carbocycles. The fourth-order valence-corrected chi connectivity index (χ4v) is 2.09. The van der Waals surface area contributed by atoms with Gasteiger partial charge in [0.1, 0.15) is 0 Å². The summed E-state index contributed by atoms with van der Waals surface area (Å²) in [4.78, 5) is 0. The molecule has 0 radical (unpaired) electrons. The highest BCUT2D eigenvalue weighted by Gasteiger charge is 2.13. The Morgan fingerprint density at radius 3 is 2.47 bits per heavy atom. The van der Waals surface area contributed by atoms with Gasteiger partial charge in [-0.25, -0.2) is 0 Å². The first-order chi connectivity index (χ1) is 7.38. The summed E-state index contributed by atoms with van der Waals surface area (Å²) < 4.78 is 0. The van der Waals surface area contributed by atoms with E-state index in [1.54, 1.807) is 0 Å². The number of nitrogens with zero attached hydrogens (tertiary/aromatic N) is 1. The van der Waals surface area contributed by atoms with Crippen molar-refractivity contribution in [3.63, 3.8) is 0 Å². The predicted molar refractivity (Wildman–Crippen MR) is 60.3 cm³/mol. The quantitative estimate of drug-likeness (QED) is 0.814.